The van der Waals surface area contributed by atoms with Gasteiger partial charge in [0.05, 0.1) is 12.1 Å². The molecule has 0 amide bonds. The van der Waals surface area contributed by atoms with Crippen LogP contribution in [0.3, 0.4) is 0 Å². The van der Waals surface area contributed by atoms with Crippen LogP contribution in [0, 0.1) is 0 Å². The average molecular weight is 232 g/mol. The summed E-state index contributed by atoms with van der Waals surface area (Å²) >= 11 is 0. The largest absolute Gasteiger partial charge is 0.481 e. The van der Waals surface area contributed by atoms with E-state index in [2.05, 4.69) is 20.3 Å². The predicted octanol–water partition coefficient (Wildman–Crippen LogP) is 1.36. The van der Waals surface area contributed by atoms with Gasteiger partial charge < -0.3 is 15.4 Å². The number of carboxylic acids is 1. The lowest BCUT2D eigenvalue weighted by atomic mass is 10.2. The Balaban J connectivity index is 2.04. The van der Waals surface area contributed by atoms with Crippen molar-refractivity contribution in [3.63, 3.8) is 0 Å². The number of aliphatic carboxylic acids is 1. The first-order chi connectivity index (χ1) is 8.25. The molecule has 2 heterocycles. The lowest BCUT2D eigenvalue weighted by Crippen LogP contribution is -2.08. The summed E-state index contributed by atoms with van der Waals surface area (Å²) in [6.45, 7) is 0.346. The van der Waals surface area contributed by atoms with Gasteiger partial charge in [0, 0.05) is 30.6 Å². The Morgan fingerprint density at radius 3 is 3.06 bits per heavy atom. The summed E-state index contributed by atoms with van der Waals surface area (Å²) in [5.74, 6) is -0.213. The number of hydrogen-bond donors (Lipinski definition) is 3. The number of nitrogens with one attached hydrogen (secondary N) is 2. The number of nitrogens with zero attached hydrogens (tertiary/aromatic N) is 2. The lowest BCUT2D eigenvalue weighted by molar-refractivity contribution is -0.136. The van der Waals surface area contributed by atoms with Crippen LogP contribution in [0.5, 0.6) is 0 Å². The smallest absolute Gasteiger partial charge is 0.305 e. The summed E-state index contributed by atoms with van der Waals surface area (Å²) in [5, 5.41) is 11.5. The van der Waals surface area contributed by atoms with E-state index in [-0.39, 0.29) is 6.42 Å². The fourth-order valence-corrected chi connectivity index (χ4v) is 1.39. The SMILES string of the molecule is O=C(O)CCNc1cc(-c2cc[nH]c2)ncn1. The summed E-state index contributed by atoms with van der Waals surface area (Å²) in [6, 6.07) is 3.69. The van der Waals surface area contributed by atoms with Crippen molar-refractivity contribution in [2.45, 2.75) is 6.42 Å². The number of carboxylic acid groups (broad SMARTS) is 1. The highest BCUT2D eigenvalue weighted by atomic mass is 16.4. The van der Waals surface area contributed by atoms with Crippen molar-refractivity contribution in [2.24, 2.45) is 0 Å². The Morgan fingerprint density at radius 1 is 1.47 bits per heavy atom. The molecule has 2 aromatic heterocycles. The molecule has 0 fully saturated rings. The van der Waals surface area contributed by atoms with Gasteiger partial charge in [0.15, 0.2) is 0 Å². The normalized spacial score (nSPS) is 10.1. The first-order valence-corrected chi connectivity index (χ1v) is 5.16. The number of H-pyrrole nitrogens is 1. The monoisotopic (exact) mass is 232 g/mol. The van der Waals surface area contributed by atoms with Crippen LogP contribution < -0.4 is 5.32 Å². The van der Waals surface area contributed by atoms with Gasteiger partial charge in [-0.1, -0.05) is 0 Å². The highest BCUT2D eigenvalue weighted by molar-refractivity contribution is 5.67. The van der Waals surface area contributed by atoms with Crippen LogP contribution >= 0.6 is 0 Å². The molecule has 0 aliphatic carbocycles. The quantitative estimate of drug-likeness (QED) is 0.724. The number of rotatable bonds is 5. The van der Waals surface area contributed by atoms with Crippen molar-refractivity contribution in [3.8, 4) is 11.3 Å². The standard InChI is InChI=1S/C11H12N4O2/c16-11(17)2-4-13-10-5-9(14-7-15-10)8-1-3-12-6-8/h1,3,5-7,12H,2,4H2,(H,16,17)(H,13,14,15). The van der Waals surface area contributed by atoms with Gasteiger partial charge in [-0.15, -0.1) is 0 Å². The molecular weight excluding hydrogens is 220 g/mol. The molecule has 0 saturated carbocycles. The van der Waals surface area contributed by atoms with E-state index in [1.807, 2.05) is 18.5 Å². The molecule has 0 unspecified atom stereocenters. The maximum atomic E-state index is 10.4. The minimum atomic E-state index is -0.836. The molecule has 2 rings (SSSR count). The maximum absolute atomic E-state index is 10.4. The van der Waals surface area contributed by atoms with Crippen molar-refractivity contribution in [1.29, 1.82) is 0 Å². The Labute approximate surface area is 97.7 Å². The number of carbonyl (C=O) groups is 1. The molecule has 6 heteroatoms. The highest BCUT2D eigenvalue weighted by Crippen LogP contribution is 2.17. The van der Waals surface area contributed by atoms with Gasteiger partial charge in [0.2, 0.25) is 0 Å². The summed E-state index contributed by atoms with van der Waals surface area (Å²) in [4.78, 5) is 21.5. The van der Waals surface area contributed by atoms with Gasteiger partial charge in [0.25, 0.3) is 0 Å². The zero-order chi connectivity index (χ0) is 12.1. The van der Waals surface area contributed by atoms with E-state index in [0.29, 0.717) is 12.4 Å². The third-order valence-electron chi connectivity index (χ3n) is 2.21. The van der Waals surface area contributed by atoms with Gasteiger partial charge in [-0.2, -0.15) is 0 Å². The Morgan fingerprint density at radius 2 is 2.35 bits per heavy atom. The molecule has 0 spiro atoms. The molecule has 3 N–H and O–H groups in total. The first-order valence-electron chi connectivity index (χ1n) is 5.16. The predicted molar refractivity (Wildman–Crippen MR) is 62.6 cm³/mol. The molecule has 88 valence electrons. The third kappa shape index (κ3) is 3.04. The highest BCUT2D eigenvalue weighted by Gasteiger charge is 2.02. The molecule has 17 heavy (non-hydrogen) atoms. The van der Waals surface area contributed by atoms with Crippen molar-refractivity contribution in [1.82, 2.24) is 15.0 Å². The number of hydrogen-bond acceptors (Lipinski definition) is 4. The molecule has 0 aromatic carbocycles. The second kappa shape index (κ2) is 5.11. The van der Waals surface area contributed by atoms with Crippen LogP contribution in [0.1, 0.15) is 6.42 Å². The van der Waals surface area contributed by atoms with Crippen LogP contribution in [-0.4, -0.2) is 32.6 Å². The molecule has 0 atom stereocenters. The molecular formula is C11H12N4O2. The van der Waals surface area contributed by atoms with E-state index >= 15 is 0 Å². The molecule has 0 aliphatic rings. The van der Waals surface area contributed by atoms with Crippen molar-refractivity contribution < 1.29 is 9.90 Å². The number of aromatic nitrogens is 3. The molecule has 0 saturated heterocycles. The average Bonchev–Trinajstić information content (AvgIpc) is 2.82. The van der Waals surface area contributed by atoms with Crippen molar-refractivity contribution >= 4 is 11.8 Å². The van der Waals surface area contributed by atoms with Crippen LogP contribution in [0.25, 0.3) is 11.3 Å². The number of anilines is 1. The van der Waals surface area contributed by atoms with Crippen LogP contribution in [-0.2, 0) is 4.79 Å². The van der Waals surface area contributed by atoms with E-state index in [4.69, 9.17) is 5.11 Å². The Kier molecular flexibility index (Phi) is 3.34. The molecule has 0 radical (unpaired) electrons. The Bertz CT molecular complexity index is 496. The minimum absolute atomic E-state index is 0.0590. The zero-order valence-corrected chi connectivity index (χ0v) is 9.05. The summed E-state index contributed by atoms with van der Waals surface area (Å²) < 4.78 is 0. The van der Waals surface area contributed by atoms with Gasteiger partial charge in [-0.3, -0.25) is 4.79 Å². The van der Waals surface area contributed by atoms with Gasteiger partial charge in [-0.05, 0) is 6.07 Å². The van der Waals surface area contributed by atoms with E-state index in [9.17, 15) is 4.79 Å². The third-order valence-corrected chi connectivity index (χ3v) is 2.21. The van der Waals surface area contributed by atoms with E-state index in [1.54, 1.807) is 6.07 Å². The second-order valence-corrected chi connectivity index (χ2v) is 3.46. The molecule has 6 nitrogen and oxygen atoms in total. The molecule has 0 aliphatic heterocycles. The van der Waals surface area contributed by atoms with Gasteiger partial charge in [-0.25, -0.2) is 9.97 Å². The fraction of sp³-hybridized carbons (Fsp3) is 0.182. The molecule has 0 bridgehead atoms. The van der Waals surface area contributed by atoms with E-state index in [0.717, 1.165) is 11.3 Å². The summed E-state index contributed by atoms with van der Waals surface area (Å²) in [6.07, 6.45) is 5.16. The maximum Gasteiger partial charge on any atom is 0.305 e. The molecule has 2 aromatic rings. The fourth-order valence-electron chi connectivity index (χ4n) is 1.39. The van der Waals surface area contributed by atoms with E-state index < -0.39 is 5.97 Å². The van der Waals surface area contributed by atoms with E-state index in [1.165, 1.54) is 6.33 Å². The second-order valence-electron chi connectivity index (χ2n) is 3.46. The first kappa shape index (κ1) is 11.1. The van der Waals surface area contributed by atoms with Crippen molar-refractivity contribution in [2.75, 3.05) is 11.9 Å². The summed E-state index contributed by atoms with van der Waals surface area (Å²) in [5.41, 5.74) is 1.76. The zero-order valence-electron chi connectivity index (χ0n) is 9.05. The van der Waals surface area contributed by atoms with Crippen LogP contribution in [0.2, 0.25) is 0 Å². The summed E-state index contributed by atoms with van der Waals surface area (Å²) in [7, 11) is 0. The van der Waals surface area contributed by atoms with Gasteiger partial charge in [0.1, 0.15) is 12.1 Å². The topological polar surface area (TPSA) is 90.9 Å². The minimum Gasteiger partial charge on any atom is -0.481 e. The lowest BCUT2D eigenvalue weighted by Gasteiger charge is -2.04. The van der Waals surface area contributed by atoms with Crippen LogP contribution in [0.4, 0.5) is 5.82 Å². The van der Waals surface area contributed by atoms with Crippen molar-refractivity contribution in [3.05, 3.63) is 30.9 Å². The Hall–Kier alpha value is -2.37. The van der Waals surface area contributed by atoms with Gasteiger partial charge >= 0.3 is 5.97 Å². The van der Waals surface area contributed by atoms with Crippen LogP contribution in [0.15, 0.2) is 30.9 Å². The number of aromatic amines is 1.